The lowest BCUT2D eigenvalue weighted by Crippen LogP contribution is -2.18. The van der Waals surface area contributed by atoms with Gasteiger partial charge in [-0.05, 0) is 37.7 Å². The molecule has 21 heavy (non-hydrogen) atoms. The second-order valence-corrected chi connectivity index (χ2v) is 6.16. The summed E-state index contributed by atoms with van der Waals surface area (Å²) in [6.07, 6.45) is 0. The zero-order valence-electron chi connectivity index (χ0n) is 12.2. The fourth-order valence-corrected chi connectivity index (χ4v) is 2.75. The molecule has 0 spiro atoms. The van der Waals surface area contributed by atoms with E-state index in [9.17, 15) is 0 Å². The Kier molecular flexibility index (Phi) is 6.09. The van der Waals surface area contributed by atoms with Crippen LogP contribution in [-0.4, -0.2) is 6.54 Å². The summed E-state index contributed by atoms with van der Waals surface area (Å²) in [6, 6.07) is 14.1. The number of rotatable bonds is 6. The number of hydrogen-bond donors (Lipinski definition) is 1. The van der Waals surface area contributed by atoms with Crippen molar-refractivity contribution in [1.82, 2.24) is 5.32 Å². The van der Waals surface area contributed by atoms with E-state index >= 15 is 0 Å². The zero-order valence-corrected chi connectivity index (χ0v) is 14.5. The predicted molar refractivity (Wildman–Crippen MR) is 92.0 cm³/mol. The molecule has 1 atom stereocenters. The standard InChI is InChI=1S/C17H19BrClNO/c1-3-20-12(2)15-10-14(18)8-9-17(15)21-11-13-6-4-5-7-16(13)19/h4-10,12,20H,3,11H2,1-2H3. The Morgan fingerprint density at radius 2 is 2.00 bits per heavy atom. The fraction of sp³-hybridized carbons (Fsp3) is 0.294. The number of ether oxygens (including phenoxy) is 1. The molecule has 0 radical (unpaired) electrons. The largest absolute Gasteiger partial charge is 0.489 e. The van der Waals surface area contributed by atoms with Crippen LogP contribution in [0.2, 0.25) is 5.02 Å². The molecule has 2 rings (SSSR count). The summed E-state index contributed by atoms with van der Waals surface area (Å²) < 4.78 is 7.03. The van der Waals surface area contributed by atoms with E-state index in [0.717, 1.165) is 32.9 Å². The molecule has 0 bridgehead atoms. The summed E-state index contributed by atoms with van der Waals surface area (Å²) in [5, 5.41) is 4.14. The van der Waals surface area contributed by atoms with Crippen LogP contribution < -0.4 is 10.1 Å². The van der Waals surface area contributed by atoms with E-state index in [1.54, 1.807) is 0 Å². The molecule has 0 saturated carbocycles. The van der Waals surface area contributed by atoms with Gasteiger partial charge in [-0.1, -0.05) is 52.7 Å². The zero-order chi connectivity index (χ0) is 15.2. The summed E-state index contributed by atoms with van der Waals surface area (Å²) in [5.74, 6) is 0.881. The molecule has 0 aromatic heterocycles. The van der Waals surface area contributed by atoms with E-state index in [1.165, 1.54) is 0 Å². The first-order valence-electron chi connectivity index (χ1n) is 7.01. The Balaban J connectivity index is 2.18. The quantitative estimate of drug-likeness (QED) is 0.742. The maximum atomic E-state index is 6.17. The van der Waals surface area contributed by atoms with Crippen LogP contribution in [-0.2, 0) is 6.61 Å². The van der Waals surface area contributed by atoms with Crippen molar-refractivity contribution in [3.05, 3.63) is 63.1 Å². The van der Waals surface area contributed by atoms with Gasteiger partial charge in [-0.25, -0.2) is 0 Å². The van der Waals surface area contributed by atoms with E-state index in [4.69, 9.17) is 16.3 Å². The molecular formula is C17H19BrClNO. The number of halogens is 2. The lowest BCUT2D eigenvalue weighted by molar-refractivity contribution is 0.300. The van der Waals surface area contributed by atoms with Gasteiger partial charge in [-0.15, -0.1) is 0 Å². The maximum absolute atomic E-state index is 6.17. The molecule has 1 unspecified atom stereocenters. The number of nitrogens with one attached hydrogen (secondary N) is 1. The lowest BCUT2D eigenvalue weighted by atomic mass is 10.1. The van der Waals surface area contributed by atoms with E-state index in [0.29, 0.717) is 6.61 Å². The van der Waals surface area contributed by atoms with Gasteiger partial charge in [0, 0.05) is 26.7 Å². The van der Waals surface area contributed by atoms with Crippen molar-refractivity contribution in [2.24, 2.45) is 0 Å². The van der Waals surface area contributed by atoms with Gasteiger partial charge in [-0.3, -0.25) is 0 Å². The monoisotopic (exact) mass is 367 g/mol. The van der Waals surface area contributed by atoms with Crippen LogP contribution in [0.25, 0.3) is 0 Å². The Morgan fingerprint density at radius 3 is 2.71 bits per heavy atom. The second-order valence-electron chi connectivity index (χ2n) is 4.84. The van der Waals surface area contributed by atoms with Crippen molar-refractivity contribution in [2.75, 3.05) is 6.54 Å². The predicted octanol–water partition coefficient (Wildman–Crippen LogP) is 5.35. The molecule has 0 aliphatic carbocycles. The molecule has 0 heterocycles. The highest BCUT2D eigenvalue weighted by Gasteiger charge is 2.12. The van der Waals surface area contributed by atoms with Gasteiger partial charge in [0.05, 0.1) is 0 Å². The van der Waals surface area contributed by atoms with Gasteiger partial charge in [-0.2, -0.15) is 0 Å². The normalized spacial score (nSPS) is 12.2. The van der Waals surface area contributed by atoms with Gasteiger partial charge < -0.3 is 10.1 Å². The topological polar surface area (TPSA) is 21.3 Å². The Hall–Kier alpha value is -1.03. The van der Waals surface area contributed by atoms with Gasteiger partial charge in [0.25, 0.3) is 0 Å². The van der Waals surface area contributed by atoms with E-state index in [1.807, 2.05) is 36.4 Å². The van der Waals surface area contributed by atoms with Gasteiger partial charge in [0.1, 0.15) is 12.4 Å². The SMILES string of the molecule is CCNC(C)c1cc(Br)ccc1OCc1ccccc1Cl. The summed E-state index contributed by atoms with van der Waals surface area (Å²) in [7, 11) is 0. The summed E-state index contributed by atoms with van der Waals surface area (Å²) >= 11 is 9.69. The minimum atomic E-state index is 0.230. The third-order valence-electron chi connectivity index (χ3n) is 3.29. The summed E-state index contributed by atoms with van der Waals surface area (Å²) in [6.45, 7) is 5.61. The van der Waals surface area contributed by atoms with Crippen molar-refractivity contribution in [3.63, 3.8) is 0 Å². The van der Waals surface area contributed by atoms with Crippen molar-refractivity contribution < 1.29 is 4.74 Å². The molecule has 0 aliphatic heterocycles. The third kappa shape index (κ3) is 4.47. The maximum Gasteiger partial charge on any atom is 0.124 e. The molecule has 0 amide bonds. The van der Waals surface area contributed by atoms with Gasteiger partial charge in [0.15, 0.2) is 0 Å². The highest BCUT2D eigenvalue weighted by atomic mass is 79.9. The second kappa shape index (κ2) is 7.83. The van der Waals surface area contributed by atoms with Crippen molar-refractivity contribution in [2.45, 2.75) is 26.5 Å². The fourth-order valence-electron chi connectivity index (χ4n) is 2.18. The molecule has 2 aromatic rings. The molecule has 0 saturated heterocycles. The van der Waals surface area contributed by atoms with E-state index in [2.05, 4.69) is 41.2 Å². The lowest BCUT2D eigenvalue weighted by Gasteiger charge is -2.18. The molecule has 1 N–H and O–H groups in total. The molecular weight excluding hydrogens is 350 g/mol. The molecule has 0 aliphatic rings. The van der Waals surface area contributed by atoms with Gasteiger partial charge in [0.2, 0.25) is 0 Å². The minimum Gasteiger partial charge on any atom is -0.489 e. The van der Waals surface area contributed by atoms with Crippen LogP contribution in [0, 0.1) is 0 Å². The number of benzene rings is 2. The highest BCUT2D eigenvalue weighted by molar-refractivity contribution is 9.10. The molecule has 4 heteroatoms. The van der Waals surface area contributed by atoms with Crippen LogP contribution in [0.4, 0.5) is 0 Å². The highest BCUT2D eigenvalue weighted by Crippen LogP contribution is 2.29. The molecule has 112 valence electrons. The average molecular weight is 369 g/mol. The first-order chi connectivity index (χ1) is 10.1. The van der Waals surface area contributed by atoms with Crippen LogP contribution >= 0.6 is 27.5 Å². The van der Waals surface area contributed by atoms with E-state index in [-0.39, 0.29) is 6.04 Å². The molecule has 2 aromatic carbocycles. The van der Waals surface area contributed by atoms with E-state index < -0.39 is 0 Å². The smallest absolute Gasteiger partial charge is 0.124 e. The number of hydrogen-bond acceptors (Lipinski definition) is 2. The van der Waals surface area contributed by atoms with Crippen LogP contribution in [0.1, 0.15) is 31.0 Å². The molecule has 2 nitrogen and oxygen atoms in total. The first kappa shape index (κ1) is 16.3. The van der Waals surface area contributed by atoms with Crippen molar-refractivity contribution in [3.8, 4) is 5.75 Å². The van der Waals surface area contributed by atoms with Crippen molar-refractivity contribution >= 4 is 27.5 Å². The molecule has 0 fully saturated rings. The Labute approximate surface area is 139 Å². The van der Waals surface area contributed by atoms with Crippen molar-refractivity contribution in [1.29, 1.82) is 0 Å². The van der Waals surface area contributed by atoms with Crippen LogP contribution in [0.15, 0.2) is 46.9 Å². The van der Waals surface area contributed by atoms with Crippen LogP contribution in [0.5, 0.6) is 5.75 Å². The Bertz CT molecular complexity index is 603. The van der Waals surface area contributed by atoms with Gasteiger partial charge >= 0.3 is 0 Å². The summed E-state index contributed by atoms with van der Waals surface area (Å²) in [4.78, 5) is 0. The average Bonchev–Trinajstić information content (AvgIpc) is 2.47. The van der Waals surface area contributed by atoms with Crippen LogP contribution in [0.3, 0.4) is 0 Å². The third-order valence-corrected chi connectivity index (χ3v) is 4.15. The first-order valence-corrected chi connectivity index (χ1v) is 8.18. The minimum absolute atomic E-state index is 0.230. The summed E-state index contributed by atoms with van der Waals surface area (Å²) in [5.41, 5.74) is 2.13. The Morgan fingerprint density at radius 1 is 1.24 bits per heavy atom.